The molecule has 2 saturated carbocycles. The molecule has 2 fully saturated rings. The summed E-state index contributed by atoms with van der Waals surface area (Å²) in [4.78, 5) is 12.1. The van der Waals surface area contributed by atoms with E-state index in [0.29, 0.717) is 31.4 Å². The van der Waals surface area contributed by atoms with Crippen molar-refractivity contribution >= 4 is 16.0 Å². The summed E-state index contributed by atoms with van der Waals surface area (Å²) in [6, 6.07) is 1.86. The average Bonchev–Trinajstić information content (AvgIpc) is 3.28. The van der Waals surface area contributed by atoms with Crippen LogP contribution in [0.15, 0.2) is 23.1 Å². The lowest BCUT2D eigenvalue weighted by atomic mass is 9.86. The van der Waals surface area contributed by atoms with E-state index in [-0.39, 0.29) is 12.6 Å². The smallest absolute Gasteiger partial charge is 0.317 e. The Morgan fingerprint density at radius 2 is 1.96 bits per heavy atom. The lowest BCUT2D eigenvalue weighted by Gasteiger charge is -2.42. The molecule has 0 radical (unpaired) electrons. The number of hydrogen-bond donors (Lipinski definition) is 2. The largest absolute Gasteiger partial charge is 0.480 e. The van der Waals surface area contributed by atoms with Crippen molar-refractivity contribution in [3.05, 3.63) is 29.8 Å². The topological polar surface area (TPSA) is 86.7 Å². The van der Waals surface area contributed by atoms with Crippen molar-refractivity contribution in [1.29, 1.82) is 0 Å². The third kappa shape index (κ3) is 4.53. The van der Waals surface area contributed by atoms with Crippen LogP contribution in [-0.2, 0) is 14.8 Å². The Kier molecular flexibility index (Phi) is 5.08. The number of nitrogens with one attached hydrogen (secondary N) is 1. The van der Waals surface area contributed by atoms with Crippen molar-refractivity contribution < 1.29 is 27.1 Å². The molecule has 0 aliphatic heterocycles. The zero-order valence-electron chi connectivity index (χ0n) is 13.5. The molecule has 0 unspecified atom stereocenters. The highest BCUT2D eigenvalue weighted by Crippen LogP contribution is 2.34. The Bertz CT molecular complexity index is 761. The van der Waals surface area contributed by atoms with E-state index in [1.54, 1.807) is 0 Å². The van der Waals surface area contributed by atoms with Crippen LogP contribution in [0.4, 0.5) is 8.78 Å². The molecule has 6 nitrogen and oxygen atoms in total. The molecule has 0 bridgehead atoms. The molecule has 9 heteroatoms. The summed E-state index contributed by atoms with van der Waals surface area (Å²) in [5.41, 5.74) is 0. The minimum Gasteiger partial charge on any atom is -0.480 e. The Morgan fingerprint density at radius 1 is 1.28 bits per heavy atom. The molecule has 3 rings (SSSR count). The van der Waals surface area contributed by atoms with Crippen molar-refractivity contribution in [1.82, 2.24) is 9.62 Å². The highest BCUT2D eigenvalue weighted by atomic mass is 32.2. The van der Waals surface area contributed by atoms with Gasteiger partial charge in [-0.3, -0.25) is 9.69 Å². The standard InChI is InChI=1S/C16H20F2N2O4S/c17-11-3-4-14(18)15(5-11)25(23,24)19-12-6-13(7-12)20(9-16(21)22)8-10-1-2-10/h3-5,10,12-13,19H,1-2,6-9H2,(H,21,22). The Balaban J connectivity index is 1.60. The third-order valence-corrected chi connectivity index (χ3v) is 6.20. The van der Waals surface area contributed by atoms with E-state index in [1.165, 1.54) is 0 Å². The lowest BCUT2D eigenvalue weighted by molar-refractivity contribution is -0.139. The summed E-state index contributed by atoms with van der Waals surface area (Å²) >= 11 is 0. The maximum Gasteiger partial charge on any atom is 0.317 e. The Labute approximate surface area is 144 Å². The Hall–Kier alpha value is -1.58. The second-order valence-electron chi connectivity index (χ2n) is 6.78. The van der Waals surface area contributed by atoms with Gasteiger partial charge in [-0.1, -0.05) is 0 Å². The van der Waals surface area contributed by atoms with E-state index in [2.05, 4.69) is 4.72 Å². The van der Waals surface area contributed by atoms with Crippen LogP contribution >= 0.6 is 0 Å². The number of halogens is 2. The molecule has 0 aromatic heterocycles. The van der Waals surface area contributed by atoms with Gasteiger partial charge in [-0.15, -0.1) is 0 Å². The van der Waals surface area contributed by atoms with Gasteiger partial charge >= 0.3 is 5.97 Å². The minimum absolute atomic E-state index is 0.0123. The maximum absolute atomic E-state index is 13.7. The molecular formula is C16H20F2N2O4S. The van der Waals surface area contributed by atoms with E-state index in [9.17, 15) is 22.0 Å². The van der Waals surface area contributed by atoms with Gasteiger partial charge in [0.15, 0.2) is 0 Å². The van der Waals surface area contributed by atoms with Crippen LogP contribution in [0.3, 0.4) is 0 Å². The van der Waals surface area contributed by atoms with Crippen LogP contribution in [0, 0.1) is 17.6 Å². The number of sulfonamides is 1. The maximum atomic E-state index is 13.7. The molecule has 138 valence electrons. The van der Waals surface area contributed by atoms with E-state index < -0.39 is 38.6 Å². The van der Waals surface area contributed by atoms with Gasteiger partial charge in [0.25, 0.3) is 0 Å². The molecule has 0 amide bonds. The normalized spacial score (nSPS) is 23.5. The van der Waals surface area contributed by atoms with Crippen molar-refractivity contribution in [3.8, 4) is 0 Å². The number of nitrogens with zero attached hydrogens (tertiary/aromatic N) is 1. The SMILES string of the molecule is O=C(O)CN(CC1CC1)C1CC(NS(=O)(=O)c2cc(F)ccc2F)C1. The highest BCUT2D eigenvalue weighted by Gasteiger charge is 2.39. The number of aliphatic carboxylic acids is 1. The van der Waals surface area contributed by atoms with E-state index in [0.717, 1.165) is 25.0 Å². The molecule has 2 aliphatic carbocycles. The molecule has 0 atom stereocenters. The van der Waals surface area contributed by atoms with Crippen molar-refractivity contribution in [2.75, 3.05) is 13.1 Å². The monoisotopic (exact) mass is 374 g/mol. The number of benzene rings is 1. The van der Waals surface area contributed by atoms with Crippen LogP contribution in [0.5, 0.6) is 0 Å². The van der Waals surface area contributed by atoms with Gasteiger partial charge in [-0.2, -0.15) is 0 Å². The Morgan fingerprint density at radius 3 is 2.56 bits per heavy atom. The van der Waals surface area contributed by atoms with Crippen molar-refractivity contribution in [2.45, 2.75) is 42.7 Å². The number of carboxylic acid groups (broad SMARTS) is 1. The summed E-state index contributed by atoms with van der Waals surface area (Å²) in [6.07, 6.45) is 3.10. The van der Waals surface area contributed by atoms with Crippen LogP contribution < -0.4 is 4.72 Å². The molecule has 0 heterocycles. The van der Waals surface area contributed by atoms with Crippen molar-refractivity contribution in [2.24, 2.45) is 5.92 Å². The van der Waals surface area contributed by atoms with Crippen LogP contribution in [-0.4, -0.2) is 49.6 Å². The summed E-state index contributed by atoms with van der Waals surface area (Å²) in [7, 11) is -4.16. The van der Waals surface area contributed by atoms with E-state index in [4.69, 9.17) is 5.11 Å². The zero-order valence-corrected chi connectivity index (χ0v) is 14.3. The van der Waals surface area contributed by atoms with Gasteiger partial charge < -0.3 is 5.11 Å². The second-order valence-corrected chi connectivity index (χ2v) is 8.47. The zero-order chi connectivity index (χ0) is 18.2. The van der Waals surface area contributed by atoms with Gasteiger partial charge in [-0.25, -0.2) is 21.9 Å². The van der Waals surface area contributed by atoms with Gasteiger partial charge in [0.2, 0.25) is 10.0 Å². The molecule has 0 saturated heterocycles. The quantitative estimate of drug-likeness (QED) is 0.721. The van der Waals surface area contributed by atoms with Gasteiger partial charge in [0.1, 0.15) is 16.5 Å². The highest BCUT2D eigenvalue weighted by molar-refractivity contribution is 7.89. The third-order valence-electron chi connectivity index (χ3n) is 4.66. The fourth-order valence-electron chi connectivity index (χ4n) is 3.10. The summed E-state index contributed by atoms with van der Waals surface area (Å²) in [6.45, 7) is 0.633. The molecule has 2 aliphatic rings. The molecule has 1 aromatic carbocycles. The lowest BCUT2D eigenvalue weighted by Crippen LogP contribution is -2.55. The fourth-order valence-corrected chi connectivity index (χ4v) is 4.45. The fraction of sp³-hybridized carbons (Fsp3) is 0.562. The first-order valence-corrected chi connectivity index (χ1v) is 9.66. The van der Waals surface area contributed by atoms with Crippen LogP contribution in [0.2, 0.25) is 0 Å². The number of carbonyl (C=O) groups is 1. The summed E-state index contributed by atoms with van der Waals surface area (Å²) < 4.78 is 53.7. The number of hydrogen-bond acceptors (Lipinski definition) is 4. The molecular weight excluding hydrogens is 354 g/mol. The summed E-state index contributed by atoms with van der Waals surface area (Å²) in [5, 5.41) is 9.01. The molecule has 0 spiro atoms. The summed E-state index contributed by atoms with van der Waals surface area (Å²) in [5.74, 6) is -2.22. The predicted molar refractivity (Wildman–Crippen MR) is 85.4 cm³/mol. The predicted octanol–water partition coefficient (Wildman–Crippen LogP) is 1.57. The number of rotatable bonds is 8. The number of carboxylic acids is 1. The van der Waals surface area contributed by atoms with E-state index in [1.807, 2.05) is 4.90 Å². The second kappa shape index (κ2) is 6.97. The first-order chi connectivity index (χ1) is 11.7. The molecule has 25 heavy (non-hydrogen) atoms. The first-order valence-electron chi connectivity index (χ1n) is 8.18. The van der Waals surface area contributed by atoms with Gasteiger partial charge in [-0.05, 0) is 49.8 Å². The molecule has 1 aromatic rings. The molecule has 2 N–H and O–H groups in total. The first kappa shape index (κ1) is 18.2. The van der Waals surface area contributed by atoms with E-state index >= 15 is 0 Å². The minimum atomic E-state index is -4.16. The van der Waals surface area contributed by atoms with Crippen LogP contribution in [0.1, 0.15) is 25.7 Å². The average molecular weight is 374 g/mol. The van der Waals surface area contributed by atoms with Gasteiger partial charge in [0, 0.05) is 18.6 Å². The van der Waals surface area contributed by atoms with Crippen LogP contribution in [0.25, 0.3) is 0 Å². The van der Waals surface area contributed by atoms with Crippen molar-refractivity contribution in [3.63, 3.8) is 0 Å². The van der Waals surface area contributed by atoms with Gasteiger partial charge in [0.05, 0.1) is 6.54 Å².